The first-order valence-electron chi connectivity index (χ1n) is 7.27. The number of carbonyl (C=O) groups is 1. The fraction of sp³-hybridized carbons (Fsp3) is 0.375. The van der Waals surface area contributed by atoms with Crippen molar-refractivity contribution >= 4 is 22.4 Å². The van der Waals surface area contributed by atoms with Crippen LogP contribution in [-0.4, -0.2) is 18.0 Å². The number of methoxy groups -OCH3 is 1. The van der Waals surface area contributed by atoms with E-state index in [1.165, 1.54) is 30.6 Å². The number of hydrogen-bond acceptors (Lipinski definition) is 4. The smallest absolute Gasteiger partial charge is 0.229 e. The molecule has 2 aromatic rings. The van der Waals surface area contributed by atoms with Crippen molar-refractivity contribution in [2.24, 2.45) is 5.92 Å². The van der Waals surface area contributed by atoms with Crippen LogP contribution in [0.4, 0.5) is 9.52 Å². The molecule has 4 nitrogen and oxygen atoms in total. The molecule has 0 unspecified atom stereocenters. The van der Waals surface area contributed by atoms with Gasteiger partial charge in [-0.3, -0.25) is 4.79 Å². The number of nitrogens with zero attached hydrogens (tertiary/aromatic N) is 1. The Hall–Kier alpha value is -1.95. The van der Waals surface area contributed by atoms with E-state index in [0.29, 0.717) is 22.1 Å². The van der Waals surface area contributed by atoms with E-state index >= 15 is 0 Å². The zero-order valence-electron chi connectivity index (χ0n) is 12.3. The molecule has 0 saturated heterocycles. The highest BCUT2D eigenvalue weighted by Crippen LogP contribution is 2.33. The molecule has 1 aliphatic rings. The Kier molecular flexibility index (Phi) is 4.38. The molecule has 0 aliphatic heterocycles. The van der Waals surface area contributed by atoms with Gasteiger partial charge in [-0.25, -0.2) is 9.37 Å². The lowest BCUT2D eigenvalue weighted by molar-refractivity contribution is -0.119. The summed E-state index contributed by atoms with van der Waals surface area (Å²) in [7, 11) is 1.53. The number of hydrogen-bond donors (Lipinski definition) is 1. The van der Waals surface area contributed by atoms with Crippen molar-refractivity contribution in [3.05, 3.63) is 29.4 Å². The van der Waals surface area contributed by atoms with E-state index < -0.39 is 0 Å². The van der Waals surface area contributed by atoms with Crippen molar-refractivity contribution in [3.63, 3.8) is 0 Å². The molecule has 1 amide bonds. The molecule has 1 N–H and O–H groups in total. The van der Waals surface area contributed by atoms with Gasteiger partial charge in [-0.2, -0.15) is 0 Å². The fourth-order valence-corrected chi connectivity index (χ4v) is 3.44. The molecule has 0 atom stereocenters. The molecule has 1 fully saturated rings. The SMILES string of the molecule is COc1ccc(F)cc1-c1csc(NC(=O)C2CCCC2)n1. The van der Waals surface area contributed by atoms with E-state index in [1.54, 1.807) is 11.4 Å². The first-order chi connectivity index (χ1) is 10.7. The summed E-state index contributed by atoms with van der Waals surface area (Å²) >= 11 is 1.34. The number of carbonyl (C=O) groups excluding carboxylic acids is 1. The normalized spacial score (nSPS) is 15.0. The summed E-state index contributed by atoms with van der Waals surface area (Å²) < 4.78 is 18.7. The van der Waals surface area contributed by atoms with Gasteiger partial charge in [-0.15, -0.1) is 11.3 Å². The van der Waals surface area contributed by atoms with Gasteiger partial charge in [0, 0.05) is 16.9 Å². The Morgan fingerprint density at radius 2 is 2.18 bits per heavy atom. The summed E-state index contributed by atoms with van der Waals surface area (Å²) in [6.07, 6.45) is 4.12. The van der Waals surface area contributed by atoms with Crippen LogP contribution in [0.15, 0.2) is 23.6 Å². The van der Waals surface area contributed by atoms with Gasteiger partial charge in [0.15, 0.2) is 5.13 Å². The van der Waals surface area contributed by atoms with E-state index in [4.69, 9.17) is 4.74 Å². The van der Waals surface area contributed by atoms with Crippen molar-refractivity contribution in [2.75, 3.05) is 12.4 Å². The van der Waals surface area contributed by atoms with Crippen LogP contribution in [0.5, 0.6) is 5.75 Å². The molecule has 116 valence electrons. The Morgan fingerprint density at radius 3 is 2.91 bits per heavy atom. The predicted molar refractivity (Wildman–Crippen MR) is 84.6 cm³/mol. The minimum absolute atomic E-state index is 0.0320. The number of nitrogens with one attached hydrogen (secondary N) is 1. The molecule has 22 heavy (non-hydrogen) atoms. The molecule has 1 aromatic heterocycles. The van der Waals surface area contributed by atoms with E-state index in [0.717, 1.165) is 25.7 Å². The Morgan fingerprint density at radius 1 is 1.41 bits per heavy atom. The number of thiazole rings is 1. The highest BCUT2D eigenvalue weighted by Gasteiger charge is 2.23. The summed E-state index contributed by atoms with van der Waals surface area (Å²) in [6.45, 7) is 0. The zero-order valence-corrected chi connectivity index (χ0v) is 13.1. The Balaban J connectivity index is 1.79. The number of amides is 1. The van der Waals surface area contributed by atoms with E-state index in [-0.39, 0.29) is 17.6 Å². The van der Waals surface area contributed by atoms with Crippen LogP contribution in [-0.2, 0) is 4.79 Å². The summed E-state index contributed by atoms with van der Waals surface area (Å²) in [4.78, 5) is 16.5. The van der Waals surface area contributed by atoms with Gasteiger partial charge in [0.2, 0.25) is 5.91 Å². The van der Waals surface area contributed by atoms with Crippen LogP contribution >= 0.6 is 11.3 Å². The van der Waals surface area contributed by atoms with Crippen LogP contribution in [0.25, 0.3) is 11.3 Å². The maximum Gasteiger partial charge on any atom is 0.229 e. The van der Waals surface area contributed by atoms with Gasteiger partial charge in [0.1, 0.15) is 11.6 Å². The van der Waals surface area contributed by atoms with Gasteiger partial charge >= 0.3 is 0 Å². The van der Waals surface area contributed by atoms with E-state index in [9.17, 15) is 9.18 Å². The second-order valence-electron chi connectivity index (χ2n) is 5.35. The molecule has 1 aliphatic carbocycles. The lowest BCUT2D eigenvalue weighted by atomic mass is 10.1. The highest BCUT2D eigenvalue weighted by atomic mass is 32.1. The largest absolute Gasteiger partial charge is 0.496 e. The quantitative estimate of drug-likeness (QED) is 0.923. The van der Waals surface area contributed by atoms with Crippen molar-refractivity contribution in [2.45, 2.75) is 25.7 Å². The van der Waals surface area contributed by atoms with Gasteiger partial charge in [-0.05, 0) is 31.0 Å². The maximum atomic E-state index is 13.4. The lowest BCUT2D eigenvalue weighted by Gasteiger charge is -2.08. The highest BCUT2D eigenvalue weighted by molar-refractivity contribution is 7.14. The second-order valence-corrected chi connectivity index (χ2v) is 6.21. The summed E-state index contributed by atoms with van der Waals surface area (Å²) in [5, 5.41) is 5.19. The maximum absolute atomic E-state index is 13.4. The first kappa shape index (κ1) is 15.0. The third kappa shape index (κ3) is 3.11. The molecular weight excluding hydrogens is 303 g/mol. The fourth-order valence-electron chi connectivity index (χ4n) is 2.73. The number of ether oxygens (including phenoxy) is 1. The van der Waals surface area contributed by atoms with E-state index in [2.05, 4.69) is 10.3 Å². The third-order valence-corrected chi connectivity index (χ3v) is 4.66. The van der Waals surface area contributed by atoms with Crippen LogP contribution in [0.2, 0.25) is 0 Å². The van der Waals surface area contributed by atoms with E-state index in [1.807, 2.05) is 0 Å². The van der Waals surface area contributed by atoms with Gasteiger partial charge in [-0.1, -0.05) is 12.8 Å². The molecule has 1 aromatic carbocycles. The standard InChI is InChI=1S/C16H17FN2O2S/c1-21-14-7-6-11(17)8-12(14)13-9-22-16(18-13)19-15(20)10-4-2-3-5-10/h6-10H,2-5H2,1H3,(H,18,19,20). The van der Waals surface area contributed by atoms with Crippen molar-refractivity contribution in [3.8, 4) is 17.0 Å². The molecule has 3 rings (SSSR count). The summed E-state index contributed by atoms with van der Waals surface area (Å²) in [5.74, 6) is 0.335. The predicted octanol–water partition coefficient (Wildman–Crippen LogP) is 4.09. The third-order valence-electron chi connectivity index (χ3n) is 3.90. The van der Waals surface area contributed by atoms with Crippen molar-refractivity contribution in [1.82, 2.24) is 4.98 Å². The van der Waals surface area contributed by atoms with Crippen LogP contribution in [0.3, 0.4) is 0 Å². The number of anilines is 1. The molecule has 6 heteroatoms. The van der Waals surface area contributed by atoms with Crippen LogP contribution in [0, 0.1) is 11.7 Å². The Bertz CT molecular complexity index is 681. The summed E-state index contributed by atoms with van der Waals surface area (Å²) in [6, 6.07) is 4.30. The van der Waals surface area contributed by atoms with Crippen molar-refractivity contribution < 1.29 is 13.9 Å². The molecule has 1 saturated carbocycles. The van der Waals surface area contributed by atoms with Gasteiger partial charge < -0.3 is 10.1 Å². The average molecular weight is 320 g/mol. The Labute approximate surface area is 132 Å². The van der Waals surface area contributed by atoms with Crippen LogP contribution < -0.4 is 10.1 Å². The topological polar surface area (TPSA) is 51.2 Å². The molecule has 0 spiro atoms. The molecule has 1 heterocycles. The molecular formula is C16H17FN2O2S. The second kappa shape index (κ2) is 6.44. The minimum atomic E-state index is -0.347. The van der Waals surface area contributed by atoms with Gasteiger partial charge in [0.05, 0.1) is 12.8 Å². The number of halogens is 1. The monoisotopic (exact) mass is 320 g/mol. The average Bonchev–Trinajstić information content (AvgIpc) is 3.18. The van der Waals surface area contributed by atoms with Crippen LogP contribution in [0.1, 0.15) is 25.7 Å². The lowest BCUT2D eigenvalue weighted by Crippen LogP contribution is -2.20. The summed E-state index contributed by atoms with van der Waals surface area (Å²) in [5.41, 5.74) is 1.18. The van der Waals surface area contributed by atoms with Gasteiger partial charge in [0.25, 0.3) is 0 Å². The minimum Gasteiger partial charge on any atom is -0.496 e. The number of rotatable bonds is 4. The number of benzene rings is 1. The first-order valence-corrected chi connectivity index (χ1v) is 8.15. The molecule has 0 radical (unpaired) electrons. The number of aromatic nitrogens is 1. The molecule has 0 bridgehead atoms. The van der Waals surface area contributed by atoms with Crippen molar-refractivity contribution in [1.29, 1.82) is 0 Å². The zero-order chi connectivity index (χ0) is 15.5.